The molecule has 1 rings (SSSR count). The van der Waals surface area contributed by atoms with Crippen LogP contribution in [0.3, 0.4) is 0 Å². The zero-order valence-electron chi connectivity index (χ0n) is 9.50. The Balaban J connectivity index is 2.49. The van der Waals surface area contributed by atoms with Crippen LogP contribution in [-0.4, -0.2) is 23.8 Å². The molecule has 16 heavy (non-hydrogen) atoms. The van der Waals surface area contributed by atoms with Crippen molar-refractivity contribution >= 4 is 15.9 Å². The highest BCUT2D eigenvalue weighted by Crippen LogP contribution is 2.17. The van der Waals surface area contributed by atoms with Crippen molar-refractivity contribution in [3.63, 3.8) is 0 Å². The summed E-state index contributed by atoms with van der Waals surface area (Å²) in [6.07, 6.45) is 0.390. The van der Waals surface area contributed by atoms with E-state index in [1.807, 2.05) is 13.0 Å². The predicted molar refractivity (Wildman–Crippen MR) is 66.9 cm³/mol. The van der Waals surface area contributed by atoms with E-state index in [2.05, 4.69) is 21.2 Å². The van der Waals surface area contributed by atoms with Crippen LogP contribution in [0.4, 0.5) is 4.39 Å². The van der Waals surface area contributed by atoms with Crippen molar-refractivity contribution in [1.82, 2.24) is 5.32 Å². The van der Waals surface area contributed by atoms with Gasteiger partial charge in [0.25, 0.3) is 0 Å². The molecule has 0 saturated heterocycles. The van der Waals surface area contributed by atoms with Crippen molar-refractivity contribution < 1.29 is 9.50 Å². The first-order chi connectivity index (χ1) is 7.49. The Hall–Kier alpha value is -0.450. The number of benzene rings is 1. The lowest BCUT2D eigenvalue weighted by atomic mass is 10.1. The van der Waals surface area contributed by atoms with Crippen molar-refractivity contribution in [2.24, 2.45) is 0 Å². The van der Waals surface area contributed by atoms with Crippen LogP contribution in [-0.2, 0) is 6.42 Å². The molecule has 1 aromatic rings. The molecule has 0 heterocycles. The van der Waals surface area contributed by atoms with Crippen LogP contribution in [0.5, 0.6) is 0 Å². The third-order valence-corrected chi connectivity index (χ3v) is 2.93. The Labute approximate surface area is 104 Å². The van der Waals surface area contributed by atoms with Crippen molar-refractivity contribution in [2.75, 3.05) is 6.54 Å². The number of hydrogen-bond donors (Lipinski definition) is 2. The molecule has 0 saturated carbocycles. The van der Waals surface area contributed by atoms with Gasteiger partial charge in [0.05, 0.1) is 10.6 Å². The number of nitrogens with one attached hydrogen (secondary N) is 1. The van der Waals surface area contributed by atoms with Crippen LogP contribution in [0.1, 0.15) is 19.4 Å². The molecule has 90 valence electrons. The topological polar surface area (TPSA) is 32.3 Å². The van der Waals surface area contributed by atoms with E-state index in [0.717, 1.165) is 12.0 Å². The third-order valence-electron chi connectivity index (χ3n) is 2.29. The van der Waals surface area contributed by atoms with Gasteiger partial charge in [0.15, 0.2) is 0 Å². The van der Waals surface area contributed by atoms with E-state index in [4.69, 9.17) is 5.11 Å². The molecule has 0 bridgehead atoms. The first-order valence-electron chi connectivity index (χ1n) is 5.34. The van der Waals surface area contributed by atoms with Gasteiger partial charge in [0.2, 0.25) is 0 Å². The van der Waals surface area contributed by atoms with Gasteiger partial charge in [-0.15, -0.1) is 0 Å². The molecular weight excluding hydrogens is 273 g/mol. The molecule has 0 aliphatic rings. The number of rotatable bonds is 5. The van der Waals surface area contributed by atoms with Gasteiger partial charge >= 0.3 is 0 Å². The van der Waals surface area contributed by atoms with Crippen LogP contribution in [0.2, 0.25) is 0 Å². The summed E-state index contributed by atoms with van der Waals surface area (Å²) in [6, 6.07) is 5.36. The minimum absolute atomic E-state index is 0.218. The second-order valence-corrected chi connectivity index (χ2v) is 4.97. The number of aliphatic hydroxyl groups excluding tert-OH is 1. The zero-order chi connectivity index (χ0) is 12.1. The Kier molecular flexibility index (Phi) is 5.38. The molecule has 0 radical (unpaired) electrons. The van der Waals surface area contributed by atoms with Gasteiger partial charge in [-0.3, -0.25) is 0 Å². The molecular formula is C12H17BrFNO. The smallest absolute Gasteiger partial charge is 0.137 e. The summed E-state index contributed by atoms with van der Waals surface area (Å²) in [7, 11) is 0. The van der Waals surface area contributed by atoms with E-state index in [1.54, 1.807) is 13.0 Å². The Morgan fingerprint density at radius 3 is 2.69 bits per heavy atom. The number of halogens is 2. The van der Waals surface area contributed by atoms with Gasteiger partial charge in [-0.25, -0.2) is 4.39 Å². The van der Waals surface area contributed by atoms with E-state index < -0.39 is 0 Å². The first-order valence-corrected chi connectivity index (χ1v) is 6.13. The summed E-state index contributed by atoms with van der Waals surface area (Å²) in [5.41, 5.74) is 0.950. The highest BCUT2D eigenvalue weighted by molar-refractivity contribution is 9.10. The van der Waals surface area contributed by atoms with Crippen molar-refractivity contribution in [3.8, 4) is 0 Å². The molecule has 0 spiro atoms. The van der Waals surface area contributed by atoms with Crippen molar-refractivity contribution in [1.29, 1.82) is 0 Å². The lowest BCUT2D eigenvalue weighted by molar-refractivity contribution is 0.187. The minimum atomic E-state index is -0.357. The first kappa shape index (κ1) is 13.6. The molecule has 0 aliphatic carbocycles. The van der Waals surface area contributed by atoms with Crippen molar-refractivity contribution in [2.45, 2.75) is 32.4 Å². The molecule has 0 aromatic heterocycles. The van der Waals surface area contributed by atoms with Crippen LogP contribution < -0.4 is 5.32 Å². The summed E-state index contributed by atoms with van der Waals surface area (Å²) in [4.78, 5) is 0. The molecule has 1 aromatic carbocycles. The van der Waals surface area contributed by atoms with Gasteiger partial charge in [0.1, 0.15) is 5.82 Å². The lowest BCUT2D eigenvalue weighted by Crippen LogP contribution is -2.33. The van der Waals surface area contributed by atoms with Gasteiger partial charge in [-0.05, 0) is 53.9 Å². The average molecular weight is 290 g/mol. The molecule has 2 atom stereocenters. The highest BCUT2D eigenvalue weighted by Gasteiger charge is 2.06. The van der Waals surface area contributed by atoms with Crippen LogP contribution >= 0.6 is 15.9 Å². The number of aliphatic hydroxyl groups is 1. The fourth-order valence-corrected chi connectivity index (χ4v) is 1.71. The van der Waals surface area contributed by atoms with E-state index in [-0.39, 0.29) is 18.0 Å². The summed E-state index contributed by atoms with van der Waals surface area (Å²) < 4.78 is 13.7. The maximum Gasteiger partial charge on any atom is 0.137 e. The normalized spacial score (nSPS) is 14.8. The maximum atomic E-state index is 13.2. The second kappa shape index (κ2) is 6.33. The maximum absolute atomic E-state index is 13.2. The minimum Gasteiger partial charge on any atom is -0.392 e. The SMILES string of the molecule is CC(Cc1ccc(Br)c(F)c1)NC[C@@H](C)O. The summed E-state index contributed by atoms with van der Waals surface area (Å²) in [5, 5.41) is 12.3. The monoisotopic (exact) mass is 289 g/mol. The third kappa shape index (κ3) is 4.60. The molecule has 4 heteroatoms. The van der Waals surface area contributed by atoms with Crippen LogP contribution in [0.15, 0.2) is 22.7 Å². The second-order valence-electron chi connectivity index (χ2n) is 4.11. The predicted octanol–water partition coefficient (Wildman–Crippen LogP) is 2.49. The van der Waals surface area contributed by atoms with Gasteiger partial charge in [-0.2, -0.15) is 0 Å². The van der Waals surface area contributed by atoms with E-state index >= 15 is 0 Å². The summed E-state index contributed by atoms with van der Waals surface area (Å²) in [5.74, 6) is -0.236. The van der Waals surface area contributed by atoms with Crippen LogP contribution in [0.25, 0.3) is 0 Å². The van der Waals surface area contributed by atoms with Gasteiger partial charge in [0, 0.05) is 12.6 Å². The quantitative estimate of drug-likeness (QED) is 0.873. The number of hydrogen-bond acceptors (Lipinski definition) is 2. The fourth-order valence-electron chi connectivity index (χ4n) is 1.46. The Bertz CT molecular complexity index is 344. The van der Waals surface area contributed by atoms with Crippen molar-refractivity contribution in [3.05, 3.63) is 34.1 Å². The molecule has 0 aliphatic heterocycles. The average Bonchev–Trinajstić information content (AvgIpc) is 2.21. The largest absolute Gasteiger partial charge is 0.392 e. The Morgan fingerprint density at radius 1 is 1.44 bits per heavy atom. The summed E-state index contributed by atoms with van der Waals surface area (Å²) in [6.45, 7) is 4.31. The van der Waals surface area contributed by atoms with Gasteiger partial charge < -0.3 is 10.4 Å². The Morgan fingerprint density at radius 2 is 2.12 bits per heavy atom. The standard InChI is InChI=1S/C12H17BrFNO/c1-8(15-7-9(2)16)5-10-3-4-11(13)12(14)6-10/h3-4,6,8-9,15-16H,5,7H2,1-2H3/t8?,9-/m1/s1. The highest BCUT2D eigenvalue weighted by atomic mass is 79.9. The fraction of sp³-hybridized carbons (Fsp3) is 0.500. The molecule has 0 fully saturated rings. The zero-order valence-corrected chi connectivity index (χ0v) is 11.1. The van der Waals surface area contributed by atoms with Crippen LogP contribution in [0, 0.1) is 5.82 Å². The summed E-state index contributed by atoms with van der Waals surface area (Å²) >= 11 is 3.12. The molecule has 0 amide bonds. The molecule has 2 nitrogen and oxygen atoms in total. The molecule has 1 unspecified atom stereocenters. The van der Waals surface area contributed by atoms with E-state index in [0.29, 0.717) is 11.0 Å². The van der Waals surface area contributed by atoms with Gasteiger partial charge in [-0.1, -0.05) is 6.07 Å². The lowest BCUT2D eigenvalue weighted by Gasteiger charge is -2.15. The molecule has 2 N–H and O–H groups in total. The van der Waals surface area contributed by atoms with E-state index in [9.17, 15) is 4.39 Å². The van der Waals surface area contributed by atoms with E-state index in [1.165, 1.54) is 6.07 Å².